The minimum absolute atomic E-state index is 0.0353. The minimum atomic E-state index is -0.480. The van der Waals surface area contributed by atoms with Crippen molar-refractivity contribution in [1.29, 1.82) is 0 Å². The van der Waals surface area contributed by atoms with E-state index >= 15 is 0 Å². The van der Waals surface area contributed by atoms with Crippen molar-refractivity contribution < 1.29 is 14.7 Å². The first kappa shape index (κ1) is 21.4. The average Bonchev–Trinajstić information content (AvgIpc) is 2.28. The Morgan fingerprint density at radius 2 is 1.29 bits per heavy atom. The third-order valence-electron chi connectivity index (χ3n) is 5.60. The Hall–Kier alpha value is -0.610. The van der Waals surface area contributed by atoms with Gasteiger partial charge < -0.3 is 9.94 Å². The largest absolute Gasteiger partial charge is 0.392 e. The van der Waals surface area contributed by atoms with E-state index in [4.69, 9.17) is 4.84 Å². The zero-order chi connectivity index (χ0) is 19.3. The number of aliphatic hydroxyl groups excluding tert-OH is 1. The van der Waals surface area contributed by atoms with Crippen LogP contribution in [0.15, 0.2) is 0 Å². The number of aliphatic hydroxyl groups is 1. The Morgan fingerprint density at radius 1 is 0.958 bits per heavy atom. The van der Waals surface area contributed by atoms with Crippen LogP contribution in [0.2, 0.25) is 0 Å². The smallest absolute Gasteiger partial charge is 0.324 e. The molecule has 1 rings (SSSR count). The predicted molar refractivity (Wildman–Crippen MR) is 98.3 cm³/mol. The van der Waals surface area contributed by atoms with E-state index in [0.717, 1.165) is 0 Å². The molecule has 0 aliphatic carbocycles. The molecule has 0 aromatic heterocycles. The van der Waals surface area contributed by atoms with Gasteiger partial charge in [-0.15, -0.1) is 5.06 Å². The van der Waals surface area contributed by atoms with Gasteiger partial charge in [0.15, 0.2) is 0 Å². The highest BCUT2D eigenvalue weighted by atomic mass is 16.7. The van der Waals surface area contributed by atoms with Gasteiger partial charge in [-0.2, -0.15) is 0 Å². The van der Waals surface area contributed by atoms with Gasteiger partial charge in [-0.05, 0) is 38.5 Å². The molecule has 1 fully saturated rings. The molecule has 0 radical (unpaired) electrons. The third kappa shape index (κ3) is 3.65. The number of piperidine rings is 1. The average molecular weight is 342 g/mol. The molecule has 1 heterocycles. The summed E-state index contributed by atoms with van der Waals surface area (Å²) in [4.78, 5) is 18.0. The van der Waals surface area contributed by atoms with Gasteiger partial charge in [0.1, 0.15) is 0 Å². The summed E-state index contributed by atoms with van der Waals surface area (Å²) in [6.45, 7) is 23.0. The second-order valence-corrected chi connectivity index (χ2v) is 10.6. The number of hydroxylamine groups is 2. The highest BCUT2D eigenvalue weighted by Gasteiger charge is 2.63. The molecule has 0 saturated carbocycles. The molecule has 2 atom stereocenters. The molecule has 0 amide bonds. The molecule has 4 nitrogen and oxygen atoms in total. The minimum Gasteiger partial charge on any atom is -0.392 e. The third-order valence-corrected chi connectivity index (χ3v) is 5.60. The van der Waals surface area contributed by atoms with Gasteiger partial charge in [0, 0.05) is 18.3 Å². The molecule has 4 heteroatoms. The molecule has 0 aromatic rings. The van der Waals surface area contributed by atoms with E-state index < -0.39 is 17.2 Å². The molecule has 0 spiro atoms. The maximum absolute atomic E-state index is 12.1. The quantitative estimate of drug-likeness (QED) is 0.808. The SMILES string of the molecule is CCC(=O)ON1C(C)(C)C(C(C)(C)C)C(O)C(C(C)(C)C)C1(C)C. The Balaban J connectivity index is 3.57. The topological polar surface area (TPSA) is 49.8 Å². The molecule has 142 valence electrons. The monoisotopic (exact) mass is 341 g/mol. The maximum Gasteiger partial charge on any atom is 0.324 e. The summed E-state index contributed by atoms with van der Waals surface area (Å²) in [5.41, 5.74) is -1.21. The summed E-state index contributed by atoms with van der Waals surface area (Å²) in [6.07, 6.45) is -0.141. The summed E-state index contributed by atoms with van der Waals surface area (Å²) in [5, 5.41) is 13.3. The fraction of sp³-hybridized carbons (Fsp3) is 0.950. The van der Waals surface area contributed by atoms with E-state index in [1.807, 2.05) is 12.0 Å². The van der Waals surface area contributed by atoms with Crippen LogP contribution in [0.4, 0.5) is 0 Å². The van der Waals surface area contributed by atoms with Crippen LogP contribution in [-0.2, 0) is 9.63 Å². The Labute approximate surface area is 148 Å². The van der Waals surface area contributed by atoms with Crippen LogP contribution in [-0.4, -0.2) is 33.3 Å². The molecule has 1 aliphatic heterocycles. The molecule has 24 heavy (non-hydrogen) atoms. The first-order valence-corrected chi connectivity index (χ1v) is 9.18. The normalized spacial score (nSPS) is 30.9. The van der Waals surface area contributed by atoms with E-state index in [-0.39, 0.29) is 28.6 Å². The molecular weight excluding hydrogens is 302 g/mol. The number of carbonyl (C=O) groups is 1. The van der Waals surface area contributed by atoms with Crippen molar-refractivity contribution in [2.75, 3.05) is 0 Å². The van der Waals surface area contributed by atoms with Gasteiger partial charge in [-0.3, -0.25) is 4.79 Å². The summed E-state index contributed by atoms with van der Waals surface area (Å²) >= 11 is 0. The van der Waals surface area contributed by atoms with E-state index in [1.165, 1.54) is 0 Å². The summed E-state index contributed by atoms with van der Waals surface area (Å²) in [7, 11) is 0. The second kappa shape index (κ2) is 6.28. The van der Waals surface area contributed by atoms with Crippen molar-refractivity contribution >= 4 is 5.97 Å². The number of nitrogens with zero attached hydrogens (tertiary/aromatic N) is 1. The lowest BCUT2D eigenvalue weighted by Gasteiger charge is -2.64. The second-order valence-electron chi connectivity index (χ2n) is 10.6. The Bertz CT molecular complexity index is 434. The lowest BCUT2D eigenvalue weighted by atomic mass is 9.53. The van der Waals surface area contributed by atoms with Gasteiger partial charge in [0.25, 0.3) is 0 Å². The van der Waals surface area contributed by atoms with Crippen molar-refractivity contribution in [2.45, 2.75) is 99.8 Å². The van der Waals surface area contributed by atoms with E-state index in [9.17, 15) is 9.90 Å². The van der Waals surface area contributed by atoms with Crippen molar-refractivity contribution in [3.05, 3.63) is 0 Å². The molecule has 1 saturated heterocycles. The molecule has 2 unspecified atom stereocenters. The van der Waals surface area contributed by atoms with Gasteiger partial charge in [0.2, 0.25) is 0 Å². The number of rotatable bonds is 2. The zero-order valence-corrected chi connectivity index (χ0v) is 17.7. The highest BCUT2D eigenvalue weighted by Crippen LogP contribution is 2.55. The number of hydrogen-bond acceptors (Lipinski definition) is 4. The molecule has 1 N–H and O–H groups in total. The molecule has 0 bridgehead atoms. The van der Waals surface area contributed by atoms with Gasteiger partial charge in [-0.1, -0.05) is 48.5 Å². The van der Waals surface area contributed by atoms with Crippen LogP contribution in [0.1, 0.15) is 82.6 Å². The Kier molecular flexibility index (Phi) is 5.61. The first-order valence-electron chi connectivity index (χ1n) is 9.18. The molecular formula is C20H39NO3. The van der Waals surface area contributed by atoms with Crippen LogP contribution in [0, 0.1) is 22.7 Å². The predicted octanol–water partition coefficient (Wildman–Crippen LogP) is 4.41. The summed E-state index contributed by atoms with van der Waals surface area (Å²) in [6, 6.07) is 0. The lowest BCUT2D eigenvalue weighted by molar-refractivity contribution is -0.329. The van der Waals surface area contributed by atoms with E-state index in [0.29, 0.717) is 6.42 Å². The highest BCUT2D eigenvalue weighted by molar-refractivity contribution is 5.68. The van der Waals surface area contributed by atoms with Crippen molar-refractivity contribution in [2.24, 2.45) is 22.7 Å². The van der Waals surface area contributed by atoms with Crippen molar-refractivity contribution in [3.63, 3.8) is 0 Å². The van der Waals surface area contributed by atoms with Crippen LogP contribution in [0.25, 0.3) is 0 Å². The van der Waals surface area contributed by atoms with Gasteiger partial charge >= 0.3 is 5.97 Å². The van der Waals surface area contributed by atoms with Crippen molar-refractivity contribution in [1.82, 2.24) is 5.06 Å². The fourth-order valence-electron chi connectivity index (χ4n) is 5.57. The van der Waals surface area contributed by atoms with Crippen LogP contribution >= 0.6 is 0 Å². The van der Waals surface area contributed by atoms with E-state index in [2.05, 4.69) is 69.2 Å². The zero-order valence-electron chi connectivity index (χ0n) is 17.7. The molecule has 0 aromatic carbocycles. The van der Waals surface area contributed by atoms with Crippen molar-refractivity contribution in [3.8, 4) is 0 Å². The van der Waals surface area contributed by atoms with Gasteiger partial charge in [-0.25, -0.2) is 0 Å². The number of hydrogen-bond donors (Lipinski definition) is 1. The van der Waals surface area contributed by atoms with Gasteiger partial charge in [0.05, 0.1) is 17.2 Å². The first-order chi connectivity index (χ1) is 10.5. The van der Waals surface area contributed by atoms with E-state index in [1.54, 1.807) is 0 Å². The summed E-state index contributed by atoms with van der Waals surface area (Å²) in [5.74, 6) is -0.299. The lowest BCUT2D eigenvalue weighted by Crippen LogP contribution is -2.74. The van der Waals surface area contributed by atoms with Crippen LogP contribution < -0.4 is 0 Å². The number of carbonyl (C=O) groups excluding carboxylic acids is 1. The standard InChI is InChI=1S/C20H39NO3/c1-12-13(22)24-21-19(8,9)15(17(2,3)4)14(23)16(18(5,6)7)20(21,10)11/h14-16,23H,12H2,1-11H3. The van der Waals surface area contributed by atoms with Crippen LogP contribution in [0.5, 0.6) is 0 Å². The maximum atomic E-state index is 12.1. The molecule has 1 aliphatic rings. The fourth-order valence-corrected chi connectivity index (χ4v) is 5.57. The summed E-state index contributed by atoms with van der Waals surface area (Å²) < 4.78 is 0. The Morgan fingerprint density at radius 3 is 1.54 bits per heavy atom. The van der Waals surface area contributed by atoms with Crippen LogP contribution in [0.3, 0.4) is 0 Å².